The van der Waals surface area contributed by atoms with Crippen LogP contribution in [-0.2, 0) is 13.7 Å². The lowest BCUT2D eigenvalue weighted by Gasteiger charge is -2.39. The molecule has 1 heterocycles. The fourth-order valence-electron chi connectivity index (χ4n) is 4.12. The van der Waals surface area contributed by atoms with Crippen LogP contribution in [0.15, 0.2) is 115 Å². The topological polar surface area (TPSA) is 73.6 Å². The molecule has 0 bridgehead atoms. The summed E-state index contributed by atoms with van der Waals surface area (Å²) in [5.74, 6) is 0. The number of hydrogen-bond acceptors (Lipinski definition) is 5. The fraction of sp³-hybridized carbons (Fsp3) is 0.107. The van der Waals surface area contributed by atoms with E-state index in [2.05, 4.69) is 0 Å². The average Bonchev–Trinajstić information content (AvgIpc) is 2.88. The molecule has 0 fully saturated rings. The highest BCUT2D eigenvalue weighted by molar-refractivity contribution is 8.33. The predicted octanol–water partition coefficient (Wildman–Crippen LogP) is 7.63. The molecule has 0 spiro atoms. The van der Waals surface area contributed by atoms with Crippen molar-refractivity contribution in [3.63, 3.8) is 0 Å². The third-order valence-corrected chi connectivity index (χ3v) is 10.9. The van der Waals surface area contributed by atoms with Gasteiger partial charge in [0.15, 0.2) is 0 Å². The van der Waals surface area contributed by atoms with Crippen molar-refractivity contribution in [3.8, 4) is 0 Å². The lowest BCUT2D eigenvalue weighted by molar-refractivity contribution is -0.0496. The van der Waals surface area contributed by atoms with Crippen molar-refractivity contribution in [2.75, 3.05) is 0 Å². The van der Waals surface area contributed by atoms with E-state index < -0.39 is 31.4 Å². The molecule has 0 amide bonds. The second kappa shape index (κ2) is 9.30. The van der Waals surface area contributed by atoms with E-state index in [1.807, 2.05) is 0 Å². The van der Waals surface area contributed by atoms with Gasteiger partial charge < -0.3 is 4.42 Å². The van der Waals surface area contributed by atoms with Gasteiger partial charge in [0.1, 0.15) is 11.2 Å². The maximum absolute atomic E-state index is 13.8. The van der Waals surface area contributed by atoms with Gasteiger partial charge in [0.25, 0.3) is 0 Å². The van der Waals surface area contributed by atoms with Crippen LogP contribution in [0.5, 0.6) is 0 Å². The van der Waals surface area contributed by atoms with Gasteiger partial charge in [-0.3, -0.25) is 4.79 Å². The van der Waals surface area contributed by atoms with Gasteiger partial charge in [0.2, 0.25) is 5.43 Å². The number of aryl methyl sites for hydroxylation is 2. The van der Waals surface area contributed by atoms with Crippen LogP contribution in [0, 0.1) is 13.8 Å². The Kier molecular flexibility index (Phi) is 6.37. The molecule has 0 aliphatic heterocycles. The van der Waals surface area contributed by atoms with Gasteiger partial charge in [-0.1, -0.05) is 47.5 Å². The van der Waals surface area contributed by atoms with Gasteiger partial charge in [0, 0.05) is 14.7 Å². The summed E-state index contributed by atoms with van der Waals surface area (Å²) in [7, 11) is -9.64. The van der Waals surface area contributed by atoms with E-state index in [9.17, 15) is 26.4 Å². The molecule has 0 saturated heterocycles. The number of alkyl halides is 3. The van der Waals surface area contributed by atoms with Gasteiger partial charge in [-0.15, -0.1) is 0 Å². The summed E-state index contributed by atoms with van der Waals surface area (Å²) in [6.45, 7) is 3.60. The molecule has 5 rings (SSSR count). The van der Waals surface area contributed by atoms with Crippen molar-refractivity contribution in [3.05, 3.63) is 112 Å². The number of fused-ring (bicyclic) bond motifs is 2. The van der Waals surface area contributed by atoms with Gasteiger partial charge in [-0.05, 0) is 78.8 Å². The van der Waals surface area contributed by atoms with Gasteiger partial charge in [-0.2, -0.15) is 25.2 Å². The Bertz CT molecular complexity index is 1780. The van der Waals surface area contributed by atoms with Crippen LogP contribution in [0.1, 0.15) is 11.1 Å². The zero-order valence-electron chi connectivity index (χ0n) is 20.2. The van der Waals surface area contributed by atoms with E-state index >= 15 is 0 Å². The van der Waals surface area contributed by atoms with Crippen LogP contribution in [0.2, 0.25) is 0 Å². The molecule has 0 atom stereocenters. The Balaban J connectivity index is 1.90. The minimum atomic E-state index is -6.08. The second-order valence-electron chi connectivity index (χ2n) is 8.74. The van der Waals surface area contributed by atoms with Crippen LogP contribution < -0.4 is 5.43 Å². The Morgan fingerprint density at radius 3 is 1.74 bits per heavy atom. The number of hydrogen-bond donors (Lipinski definition) is 0. The maximum Gasteiger partial charge on any atom is 0.524 e. The van der Waals surface area contributed by atoms with E-state index in [1.54, 1.807) is 86.6 Å². The van der Waals surface area contributed by atoms with E-state index in [1.165, 1.54) is 18.2 Å². The molecule has 0 unspecified atom stereocenters. The van der Waals surface area contributed by atoms with E-state index in [0.717, 1.165) is 11.1 Å². The summed E-state index contributed by atoms with van der Waals surface area (Å²) < 4.78 is 77.7. The molecule has 0 aliphatic carbocycles. The molecule has 5 aromatic rings. The van der Waals surface area contributed by atoms with E-state index in [4.69, 9.17) is 8.05 Å². The average molecular weight is 559 g/mol. The Hall–Kier alpha value is -3.60. The highest BCUT2D eigenvalue weighted by Crippen LogP contribution is 2.70. The summed E-state index contributed by atoms with van der Waals surface area (Å²) in [6.07, 6.45) is 0. The Morgan fingerprint density at radius 1 is 0.684 bits per heavy atom. The van der Waals surface area contributed by atoms with Gasteiger partial charge in [-0.25, -0.2) is 0 Å². The van der Waals surface area contributed by atoms with Crippen LogP contribution in [0.25, 0.3) is 21.9 Å². The second-order valence-corrected chi connectivity index (χ2v) is 13.2. The number of rotatable bonds is 5. The Labute approximate surface area is 218 Å². The van der Waals surface area contributed by atoms with Crippen LogP contribution in [0.3, 0.4) is 0 Å². The fourth-order valence-corrected chi connectivity index (χ4v) is 8.85. The van der Waals surface area contributed by atoms with Crippen LogP contribution in [0.4, 0.5) is 13.2 Å². The standard InChI is InChI=1S/C28H21F3O5S2/c1-18-7-11-20(12-8-18)37(21-13-9-19(2)10-14-21,36-38(33,34)28(29,30)31)22-15-16-26-24(17-22)27(32)23-5-3-4-6-25(23)35-26/h3-17H,1-2H3. The van der Waals surface area contributed by atoms with Crippen molar-refractivity contribution in [2.24, 2.45) is 0 Å². The minimum Gasteiger partial charge on any atom is -0.456 e. The third kappa shape index (κ3) is 4.38. The van der Waals surface area contributed by atoms with Gasteiger partial charge in [0.05, 0.1) is 10.8 Å². The first-order chi connectivity index (χ1) is 17.9. The monoisotopic (exact) mass is 558 g/mol. The summed E-state index contributed by atoms with van der Waals surface area (Å²) in [5, 5.41) is 0.373. The molecule has 0 saturated carbocycles. The lowest BCUT2D eigenvalue weighted by Crippen LogP contribution is -2.27. The smallest absolute Gasteiger partial charge is 0.456 e. The molecule has 1 aromatic heterocycles. The molecule has 0 N–H and O–H groups in total. The quantitative estimate of drug-likeness (QED) is 0.164. The third-order valence-electron chi connectivity index (χ3n) is 6.06. The summed E-state index contributed by atoms with van der Waals surface area (Å²) in [4.78, 5) is 13.9. The molecule has 5 nitrogen and oxygen atoms in total. The highest BCUT2D eigenvalue weighted by atomic mass is 32.3. The lowest BCUT2D eigenvalue weighted by atomic mass is 10.1. The van der Waals surface area contributed by atoms with Crippen molar-refractivity contribution in [1.82, 2.24) is 0 Å². The van der Waals surface area contributed by atoms with Crippen molar-refractivity contribution in [1.29, 1.82) is 0 Å². The largest absolute Gasteiger partial charge is 0.524 e. The van der Waals surface area contributed by atoms with Crippen LogP contribution >= 0.6 is 10.3 Å². The first-order valence-electron chi connectivity index (χ1n) is 11.4. The SMILES string of the molecule is Cc1ccc(S(OS(=O)(=O)C(F)(F)F)(c2ccc(C)cc2)c2ccc3oc4ccccc4c(=O)c3c2)cc1. The van der Waals surface area contributed by atoms with E-state index in [-0.39, 0.29) is 31.0 Å². The van der Waals surface area contributed by atoms with Crippen molar-refractivity contribution >= 4 is 42.4 Å². The molecule has 4 aromatic carbocycles. The number of benzene rings is 4. The molecule has 0 radical (unpaired) electrons. The molecule has 0 aliphatic rings. The normalized spacial score (nSPS) is 13.2. The first-order valence-corrected chi connectivity index (χ1v) is 14.3. The molecule has 38 heavy (non-hydrogen) atoms. The van der Waals surface area contributed by atoms with Gasteiger partial charge >= 0.3 is 15.6 Å². The molecule has 196 valence electrons. The summed E-state index contributed by atoms with van der Waals surface area (Å²) in [6, 6.07) is 23.7. The van der Waals surface area contributed by atoms with Crippen molar-refractivity contribution < 1.29 is 29.6 Å². The van der Waals surface area contributed by atoms with Crippen molar-refractivity contribution in [2.45, 2.75) is 34.0 Å². The summed E-state index contributed by atoms with van der Waals surface area (Å²) >= 11 is 0. The van der Waals surface area contributed by atoms with E-state index in [0.29, 0.717) is 5.58 Å². The highest BCUT2D eigenvalue weighted by Gasteiger charge is 2.52. The minimum absolute atomic E-state index is 0.0882. The summed E-state index contributed by atoms with van der Waals surface area (Å²) in [5.41, 5.74) is -3.89. The zero-order valence-corrected chi connectivity index (χ0v) is 21.8. The van der Waals surface area contributed by atoms with Crippen LogP contribution in [-0.4, -0.2) is 13.9 Å². The molecule has 10 heteroatoms. The maximum atomic E-state index is 13.8. The molecular weight excluding hydrogens is 537 g/mol. The first kappa shape index (κ1) is 26.0. The number of halogens is 3. The predicted molar refractivity (Wildman–Crippen MR) is 141 cm³/mol. The zero-order chi connectivity index (χ0) is 27.3. The molecular formula is C28H21F3O5S2. The number of para-hydroxylation sites is 1. The Morgan fingerprint density at radius 2 is 1.18 bits per heavy atom.